The number of carbonyl (C=O) groups is 2. The Morgan fingerprint density at radius 1 is 1.14 bits per heavy atom. The first-order valence-corrected chi connectivity index (χ1v) is 13.0. The van der Waals surface area contributed by atoms with Crippen molar-refractivity contribution < 1.29 is 14.3 Å². The van der Waals surface area contributed by atoms with Gasteiger partial charge in [0.15, 0.2) is 0 Å². The van der Waals surface area contributed by atoms with E-state index in [4.69, 9.17) is 4.74 Å². The van der Waals surface area contributed by atoms with Crippen molar-refractivity contribution in [2.75, 3.05) is 13.2 Å². The smallest absolute Gasteiger partial charge is 0.331 e. The van der Waals surface area contributed by atoms with E-state index in [1.165, 1.54) is 42.1 Å². The van der Waals surface area contributed by atoms with Crippen molar-refractivity contribution in [3.8, 4) is 0 Å². The highest BCUT2D eigenvalue weighted by molar-refractivity contribution is 5.93. The Balaban J connectivity index is 1.65. The molecule has 5 nitrogen and oxygen atoms in total. The minimum atomic E-state index is -0.329. The van der Waals surface area contributed by atoms with Crippen LogP contribution in [0.1, 0.15) is 83.5 Å². The summed E-state index contributed by atoms with van der Waals surface area (Å²) in [6.45, 7) is 11.8. The Morgan fingerprint density at radius 2 is 1.94 bits per heavy atom. The maximum atomic E-state index is 12.0. The molecule has 36 heavy (non-hydrogen) atoms. The molecule has 1 aromatic heterocycles. The molecule has 1 aromatic rings. The maximum Gasteiger partial charge on any atom is 0.331 e. The Hall–Kier alpha value is -3.21. The predicted octanol–water partition coefficient (Wildman–Crippen LogP) is 7.06. The second-order valence-corrected chi connectivity index (χ2v) is 10.1. The highest BCUT2D eigenvalue weighted by atomic mass is 16.5. The van der Waals surface area contributed by atoms with Crippen LogP contribution >= 0.6 is 0 Å². The van der Waals surface area contributed by atoms with E-state index in [0.29, 0.717) is 18.7 Å². The van der Waals surface area contributed by atoms with Crippen LogP contribution in [-0.2, 0) is 9.53 Å². The van der Waals surface area contributed by atoms with Gasteiger partial charge in [0.25, 0.3) is 5.91 Å². The summed E-state index contributed by atoms with van der Waals surface area (Å²) in [5.41, 5.74) is 5.76. The molecule has 1 heterocycles. The van der Waals surface area contributed by atoms with Crippen molar-refractivity contribution in [1.82, 2.24) is 10.3 Å². The number of hydrogen-bond acceptors (Lipinski definition) is 4. The number of aromatic nitrogens is 1. The predicted molar refractivity (Wildman–Crippen MR) is 148 cm³/mol. The lowest BCUT2D eigenvalue weighted by Gasteiger charge is -2.32. The molecule has 1 N–H and O–H groups in total. The summed E-state index contributed by atoms with van der Waals surface area (Å²) in [5, 5.41) is 2.87. The third-order valence-corrected chi connectivity index (χ3v) is 6.39. The SMILES string of the molecule is CC1=C(/C=C/C(C)=C/C=C/C(C)=C/C(=O)OCCCCCNC(=O)c2cccnc2)C(C)(C)CCC1. The largest absolute Gasteiger partial charge is 0.463 e. The van der Waals surface area contributed by atoms with Crippen LogP contribution in [0.15, 0.2) is 83.3 Å². The summed E-state index contributed by atoms with van der Waals surface area (Å²) < 4.78 is 5.30. The van der Waals surface area contributed by atoms with E-state index in [2.05, 4.69) is 56.2 Å². The van der Waals surface area contributed by atoms with Gasteiger partial charge in [-0.05, 0) is 88.0 Å². The lowest BCUT2D eigenvalue weighted by Crippen LogP contribution is -2.24. The first-order valence-electron chi connectivity index (χ1n) is 13.0. The van der Waals surface area contributed by atoms with Crippen LogP contribution in [0.2, 0.25) is 0 Å². The Bertz CT molecular complexity index is 1030. The molecule has 194 valence electrons. The first kappa shape index (κ1) is 29.0. The van der Waals surface area contributed by atoms with Crippen LogP contribution in [0.4, 0.5) is 0 Å². The van der Waals surface area contributed by atoms with Crippen LogP contribution in [0, 0.1) is 5.41 Å². The number of nitrogens with one attached hydrogen (secondary N) is 1. The summed E-state index contributed by atoms with van der Waals surface area (Å²) in [7, 11) is 0. The van der Waals surface area contributed by atoms with Gasteiger partial charge >= 0.3 is 5.97 Å². The lowest BCUT2D eigenvalue weighted by atomic mass is 9.72. The summed E-state index contributed by atoms with van der Waals surface area (Å²) in [5.74, 6) is -0.450. The Kier molecular flexibility index (Phi) is 12.1. The molecule has 1 aliphatic rings. The van der Waals surface area contributed by atoms with Gasteiger partial charge in [-0.2, -0.15) is 0 Å². The number of nitrogens with zero attached hydrogens (tertiary/aromatic N) is 1. The third kappa shape index (κ3) is 10.6. The minimum Gasteiger partial charge on any atom is -0.463 e. The number of pyridine rings is 1. The van der Waals surface area contributed by atoms with Gasteiger partial charge < -0.3 is 10.1 Å². The summed E-state index contributed by atoms with van der Waals surface area (Å²) in [6, 6.07) is 3.47. The molecule has 0 aromatic carbocycles. The molecule has 5 heteroatoms. The quantitative estimate of drug-likeness (QED) is 0.147. The Labute approximate surface area is 217 Å². The topological polar surface area (TPSA) is 68.3 Å². The van der Waals surface area contributed by atoms with Crippen molar-refractivity contribution in [2.45, 2.75) is 73.1 Å². The number of allylic oxidation sites excluding steroid dienone is 9. The van der Waals surface area contributed by atoms with Crippen LogP contribution in [-0.4, -0.2) is 30.0 Å². The second-order valence-electron chi connectivity index (χ2n) is 10.1. The molecule has 0 radical (unpaired) electrons. The average molecular weight is 491 g/mol. The molecule has 0 fully saturated rings. The van der Waals surface area contributed by atoms with Gasteiger partial charge in [0.05, 0.1) is 12.2 Å². The Morgan fingerprint density at radius 3 is 2.67 bits per heavy atom. The van der Waals surface area contributed by atoms with Crippen LogP contribution in [0.3, 0.4) is 0 Å². The van der Waals surface area contributed by atoms with Gasteiger partial charge in [-0.1, -0.05) is 55.4 Å². The third-order valence-electron chi connectivity index (χ3n) is 6.39. The van der Waals surface area contributed by atoms with E-state index in [9.17, 15) is 9.59 Å². The highest BCUT2D eigenvalue weighted by Crippen LogP contribution is 2.40. The first-order chi connectivity index (χ1) is 17.2. The van der Waals surface area contributed by atoms with Gasteiger partial charge in [0.2, 0.25) is 0 Å². The second kappa shape index (κ2) is 15.0. The molecule has 1 amide bonds. The molecule has 0 aliphatic heterocycles. The number of esters is 1. The van der Waals surface area contributed by atoms with E-state index in [1.807, 2.05) is 19.1 Å². The molecule has 0 atom stereocenters. The minimum absolute atomic E-state index is 0.120. The number of hydrogen-bond donors (Lipinski definition) is 1. The highest BCUT2D eigenvalue weighted by Gasteiger charge is 2.26. The monoisotopic (exact) mass is 490 g/mol. The van der Waals surface area contributed by atoms with Gasteiger partial charge in [0.1, 0.15) is 0 Å². The molecule has 1 aliphatic carbocycles. The van der Waals surface area contributed by atoms with E-state index in [1.54, 1.807) is 24.5 Å². The number of carbonyl (C=O) groups excluding carboxylic acids is 2. The van der Waals surface area contributed by atoms with Gasteiger partial charge in [-0.3, -0.25) is 9.78 Å². The van der Waals surface area contributed by atoms with Crippen molar-refractivity contribution in [3.05, 3.63) is 88.8 Å². The number of rotatable bonds is 12. The summed E-state index contributed by atoms with van der Waals surface area (Å²) >= 11 is 0. The molecule has 0 saturated carbocycles. The number of unbranched alkanes of at least 4 members (excludes halogenated alkanes) is 2. The zero-order valence-corrected chi connectivity index (χ0v) is 22.6. The van der Waals surface area contributed by atoms with Crippen molar-refractivity contribution in [3.63, 3.8) is 0 Å². The van der Waals surface area contributed by atoms with Crippen molar-refractivity contribution in [2.24, 2.45) is 5.41 Å². The lowest BCUT2D eigenvalue weighted by molar-refractivity contribution is -0.137. The summed E-state index contributed by atoms with van der Waals surface area (Å²) in [6.07, 6.45) is 21.2. The molecule has 2 rings (SSSR count). The zero-order valence-electron chi connectivity index (χ0n) is 22.6. The standard InChI is InChI=1S/C31H42N2O3/c1-24(16-17-28-26(3)14-10-18-31(28,4)5)12-9-13-25(2)22-29(34)36-21-8-6-7-20-33-30(35)27-15-11-19-32-23-27/h9,11-13,15-17,19,22-23H,6-8,10,14,18,20-21H2,1-5H3,(H,33,35)/b13-9+,17-16+,24-12+,25-22+. The van der Waals surface area contributed by atoms with E-state index in [-0.39, 0.29) is 17.3 Å². The molecule has 0 bridgehead atoms. The van der Waals surface area contributed by atoms with Crippen LogP contribution in [0.25, 0.3) is 0 Å². The van der Waals surface area contributed by atoms with Crippen molar-refractivity contribution in [1.29, 1.82) is 0 Å². The van der Waals surface area contributed by atoms with Crippen molar-refractivity contribution >= 4 is 11.9 Å². The number of amides is 1. The molecular weight excluding hydrogens is 448 g/mol. The fourth-order valence-electron chi connectivity index (χ4n) is 4.29. The molecule has 0 saturated heterocycles. The van der Waals surface area contributed by atoms with Crippen LogP contribution < -0.4 is 5.32 Å². The van der Waals surface area contributed by atoms with Gasteiger partial charge in [-0.25, -0.2) is 4.79 Å². The fraction of sp³-hybridized carbons (Fsp3) is 0.452. The number of ether oxygens (including phenoxy) is 1. The average Bonchev–Trinajstić information content (AvgIpc) is 2.83. The molecular formula is C31H42N2O3. The maximum absolute atomic E-state index is 12.0. The zero-order chi connectivity index (χ0) is 26.4. The fourth-order valence-corrected chi connectivity index (χ4v) is 4.29. The van der Waals surface area contributed by atoms with E-state index >= 15 is 0 Å². The van der Waals surface area contributed by atoms with Gasteiger partial charge in [-0.15, -0.1) is 0 Å². The molecule has 0 unspecified atom stereocenters. The van der Waals surface area contributed by atoms with E-state index in [0.717, 1.165) is 24.8 Å². The normalized spacial score (nSPS) is 16.6. The summed E-state index contributed by atoms with van der Waals surface area (Å²) in [4.78, 5) is 27.9. The van der Waals surface area contributed by atoms with Gasteiger partial charge in [0, 0.05) is 25.0 Å². The van der Waals surface area contributed by atoms with E-state index < -0.39 is 0 Å². The van der Waals surface area contributed by atoms with Crippen LogP contribution in [0.5, 0.6) is 0 Å². The molecule has 0 spiro atoms.